The van der Waals surface area contributed by atoms with Gasteiger partial charge in [-0.05, 0) is 67.1 Å². The second-order valence-corrected chi connectivity index (χ2v) is 7.55. The minimum absolute atomic E-state index is 0.161. The number of ether oxygens (including phenoxy) is 1. The molecule has 0 aliphatic heterocycles. The highest BCUT2D eigenvalue weighted by molar-refractivity contribution is 7.99. The molecular weight excluding hydrogens is 378 g/mol. The summed E-state index contributed by atoms with van der Waals surface area (Å²) in [4.78, 5) is 13.6. The quantitative estimate of drug-likeness (QED) is 0.388. The highest BCUT2D eigenvalue weighted by Crippen LogP contribution is 2.21. The Morgan fingerprint density at radius 1 is 1.04 bits per heavy atom. The van der Waals surface area contributed by atoms with Gasteiger partial charge in [0.05, 0.1) is 6.61 Å². The summed E-state index contributed by atoms with van der Waals surface area (Å²) in [6.45, 7) is 2.51. The molecule has 0 atom stereocenters. The lowest BCUT2D eigenvalue weighted by atomic mass is 10.1. The van der Waals surface area contributed by atoms with Crippen molar-refractivity contribution in [3.63, 3.8) is 0 Å². The van der Waals surface area contributed by atoms with Crippen molar-refractivity contribution in [1.82, 2.24) is 0 Å². The first-order valence-electron chi connectivity index (χ1n) is 8.60. The molecule has 0 spiro atoms. The van der Waals surface area contributed by atoms with Crippen LogP contribution in [0.25, 0.3) is 0 Å². The molecule has 3 aromatic rings. The predicted octanol–water partition coefficient (Wildman–Crippen LogP) is 6.07. The van der Waals surface area contributed by atoms with Gasteiger partial charge in [0.25, 0.3) is 5.91 Å². The van der Waals surface area contributed by atoms with E-state index in [0.29, 0.717) is 17.2 Å². The van der Waals surface area contributed by atoms with E-state index in [9.17, 15) is 4.79 Å². The summed E-state index contributed by atoms with van der Waals surface area (Å²) in [6, 6.07) is 22.8. The van der Waals surface area contributed by atoms with Gasteiger partial charge >= 0.3 is 0 Å². The summed E-state index contributed by atoms with van der Waals surface area (Å²) in [7, 11) is 0. The molecule has 0 radical (unpaired) electrons. The van der Waals surface area contributed by atoms with Gasteiger partial charge in [0.2, 0.25) is 0 Å². The van der Waals surface area contributed by atoms with Crippen LogP contribution < -0.4 is 10.1 Å². The van der Waals surface area contributed by atoms with Gasteiger partial charge in [0.15, 0.2) is 0 Å². The molecule has 3 nitrogen and oxygen atoms in total. The number of hydrogen-bond donors (Lipinski definition) is 1. The number of nitrogens with one attached hydrogen (secondary N) is 1. The summed E-state index contributed by atoms with van der Waals surface area (Å²) >= 11 is 7.70. The summed E-state index contributed by atoms with van der Waals surface area (Å²) in [6.07, 6.45) is 0. The predicted molar refractivity (Wildman–Crippen MR) is 113 cm³/mol. The molecule has 1 amide bonds. The van der Waals surface area contributed by atoms with Crippen LogP contribution in [0.15, 0.2) is 77.7 Å². The Labute approximate surface area is 168 Å². The van der Waals surface area contributed by atoms with E-state index in [2.05, 4.69) is 17.4 Å². The highest BCUT2D eigenvalue weighted by atomic mass is 35.5. The van der Waals surface area contributed by atoms with Crippen LogP contribution >= 0.6 is 23.4 Å². The largest absolute Gasteiger partial charge is 0.493 e. The molecule has 138 valence electrons. The van der Waals surface area contributed by atoms with E-state index in [1.54, 1.807) is 36.0 Å². The topological polar surface area (TPSA) is 38.3 Å². The summed E-state index contributed by atoms with van der Waals surface area (Å²) in [5.41, 5.74) is 2.25. The molecule has 0 unspecified atom stereocenters. The summed E-state index contributed by atoms with van der Waals surface area (Å²) in [5, 5.41) is 3.55. The maximum atomic E-state index is 12.4. The van der Waals surface area contributed by atoms with Gasteiger partial charge in [-0.3, -0.25) is 4.79 Å². The van der Waals surface area contributed by atoms with Gasteiger partial charge in [-0.15, -0.1) is 11.8 Å². The zero-order chi connectivity index (χ0) is 19.1. The second kappa shape index (κ2) is 9.49. The van der Waals surface area contributed by atoms with Crippen molar-refractivity contribution < 1.29 is 9.53 Å². The van der Waals surface area contributed by atoms with Gasteiger partial charge in [0, 0.05) is 26.9 Å². The number of carbonyl (C=O) groups excluding carboxylic acids is 1. The lowest BCUT2D eigenvalue weighted by Crippen LogP contribution is -2.12. The molecule has 3 aromatic carbocycles. The highest BCUT2D eigenvalue weighted by Gasteiger charge is 2.08. The van der Waals surface area contributed by atoms with Crippen LogP contribution in [0.5, 0.6) is 5.75 Å². The Bertz CT molecular complexity index is 898. The van der Waals surface area contributed by atoms with Gasteiger partial charge in [-0.1, -0.05) is 29.8 Å². The van der Waals surface area contributed by atoms with Gasteiger partial charge in [-0.25, -0.2) is 0 Å². The fourth-order valence-corrected chi connectivity index (χ4v) is 3.48. The number of hydrogen-bond acceptors (Lipinski definition) is 3. The van der Waals surface area contributed by atoms with Crippen LogP contribution in [0.1, 0.15) is 15.9 Å². The zero-order valence-electron chi connectivity index (χ0n) is 14.9. The van der Waals surface area contributed by atoms with E-state index >= 15 is 0 Å². The normalized spacial score (nSPS) is 10.4. The smallest absolute Gasteiger partial charge is 0.255 e. The van der Waals surface area contributed by atoms with E-state index in [4.69, 9.17) is 16.3 Å². The molecule has 0 saturated carbocycles. The number of rotatable bonds is 7. The van der Waals surface area contributed by atoms with Crippen molar-refractivity contribution in [1.29, 1.82) is 0 Å². The molecule has 0 aromatic heterocycles. The van der Waals surface area contributed by atoms with Crippen LogP contribution in [-0.2, 0) is 0 Å². The maximum absolute atomic E-state index is 12.4. The average molecular weight is 398 g/mol. The number of benzene rings is 3. The van der Waals surface area contributed by atoms with E-state index in [-0.39, 0.29) is 5.91 Å². The van der Waals surface area contributed by atoms with Crippen LogP contribution in [0.3, 0.4) is 0 Å². The Kier molecular flexibility index (Phi) is 6.80. The van der Waals surface area contributed by atoms with E-state index in [1.165, 1.54) is 4.90 Å². The first kappa shape index (κ1) is 19.3. The Balaban J connectivity index is 1.49. The van der Waals surface area contributed by atoms with Crippen LogP contribution in [-0.4, -0.2) is 18.3 Å². The van der Waals surface area contributed by atoms with Gasteiger partial charge in [0.1, 0.15) is 5.75 Å². The minimum Gasteiger partial charge on any atom is -0.493 e. The monoisotopic (exact) mass is 397 g/mol. The number of amides is 1. The molecule has 27 heavy (non-hydrogen) atoms. The Morgan fingerprint density at radius 3 is 2.48 bits per heavy atom. The molecule has 0 saturated heterocycles. The first-order chi connectivity index (χ1) is 13.1. The second-order valence-electron chi connectivity index (χ2n) is 5.95. The van der Waals surface area contributed by atoms with Crippen molar-refractivity contribution in [3.8, 4) is 5.75 Å². The van der Waals surface area contributed by atoms with Crippen LogP contribution in [0.2, 0.25) is 5.02 Å². The van der Waals surface area contributed by atoms with Crippen LogP contribution in [0, 0.1) is 6.92 Å². The summed E-state index contributed by atoms with van der Waals surface area (Å²) < 4.78 is 5.75. The third-order valence-electron chi connectivity index (χ3n) is 3.92. The van der Waals surface area contributed by atoms with Crippen molar-refractivity contribution in [2.24, 2.45) is 0 Å². The molecule has 0 aliphatic rings. The number of carbonyl (C=O) groups is 1. The van der Waals surface area contributed by atoms with Crippen molar-refractivity contribution in [2.45, 2.75) is 11.8 Å². The number of anilines is 1. The van der Waals surface area contributed by atoms with Crippen molar-refractivity contribution >= 4 is 35.0 Å². The third-order valence-corrected chi connectivity index (χ3v) is 5.13. The van der Waals surface area contributed by atoms with Crippen LogP contribution in [0.4, 0.5) is 5.69 Å². The molecule has 0 bridgehead atoms. The molecule has 0 aliphatic carbocycles. The SMILES string of the molecule is Cc1cc(Cl)ccc1NC(=O)c1ccc(OCCSc2ccccc2)cc1. The third kappa shape index (κ3) is 5.78. The fraction of sp³-hybridized carbons (Fsp3) is 0.136. The minimum atomic E-state index is -0.161. The lowest BCUT2D eigenvalue weighted by molar-refractivity contribution is 0.102. The number of halogens is 1. The van der Waals surface area contributed by atoms with Crippen molar-refractivity contribution in [2.75, 3.05) is 17.7 Å². The zero-order valence-corrected chi connectivity index (χ0v) is 16.5. The van der Waals surface area contributed by atoms with E-state index < -0.39 is 0 Å². The Morgan fingerprint density at radius 2 is 1.78 bits per heavy atom. The van der Waals surface area contributed by atoms with Gasteiger partial charge in [-0.2, -0.15) is 0 Å². The first-order valence-corrected chi connectivity index (χ1v) is 9.96. The van der Waals surface area contributed by atoms with E-state index in [1.807, 2.05) is 43.3 Å². The Hall–Kier alpha value is -2.43. The number of thioether (sulfide) groups is 1. The number of aryl methyl sites for hydroxylation is 1. The fourth-order valence-electron chi connectivity index (χ4n) is 2.50. The lowest BCUT2D eigenvalue weighted by Gasteiger charge is -2.10. The molecule has 0 fully saturated rings. The maximum Gasteiger partial charge on any atom is 0.255 e. The molecule has 1 N–H and O–H groups in total. The molecule has 0 heterocycles. The van der Waals surface area contributed by atoms with E-state index in [0.717, 1.165) is 22.8 Å². The standard InChI is InChI=1S/C22H20ClNO2S/c1-16-15-18(23)9-12-21(16)24-22(25)17-7-10-19(11-8-17)26-13-14-27-20-5-3-2-4-6-20/h2-12,15H,13-14H2,1H3,(H,24,25). The molecule has 5 heteroatoms. The van der Waals surface area contributed by atoms with Gasteiger partial charge < -0.3 is 10.1 Å². The summed E-state index contributed by atoms with van der Waals surface area (Å²) in [5.74, 6) is 1.46. The van der Waals surface area contributed by atoms with Crippen molar-refractivity contribution in [3.05, 3.63) is 88.9 Å². The molecule has 3 rings (SSSR count). The average Bonchev–Trinajstić information content (AvgIpc) is 2.69. The molecular formula is C22H20ClNO2S.